The zero-order valence-corrected chi connectivity index (χ0v) is 10.2. The lowest BCUT2D eigenvalue weighted by Gasteiger charge is -2.06. The normalized spacial score (nSPS) is 10.6. The van der Waals surface area contributed by atoms with E-state index in [0.717, 1.165) is 11.6 Å². The highest BCUT2D eigenvalue weighted by molar-refractivity contribution is 6.31. The molecule has 0 spiro atoms. The fourth-order valence-electron chi connectivity index (χ4n) is 1.54. The van der Waals surface area contributed by atoms with E-state index in [-0.39, 0.29) is 0 Å². The molecule has 18 heavy (non-hydrogen) atoms. The fraction of sp³-hybridized carbons (Fsp3) is 0.154. The Hall–Kier alpha value is -1.52. The van der Waals surface area contributed by atoms with Crippen LogP contribution in [0.5, 0.6) is 0 Å². The zero-order valence-electron chi connectivity index (χ0n) is 9.46. The first-order chi connectivity index (χ1) is 8.66. The number of pyridine rings is 1. The third-order valence-corrected chi connectivity index (χ3v) is 2.83. The number of nitrogens with one attached hydrogen (secondary N) is 1. The standard InChI is InChI=1S/C13H11ClF2N2/c14-11-8-17-4-3-10(11)7-18-6-9-1-2-12(15)13(16)5-9/h1-5,8,18H,6-7H2. The molecule has 0 amide bonds. The van der Waals surface area contributed by atoms with E-state index in [1.54, 1.807) is 24.5 Å². The molecule has 0 aliphatic heterocycles. The highest BCUT2D eigenvalue weighted by Crippen LogP contribution is 2.13. The molecule has 1 heterocycles. The van der Waals surface area contributed by atoms with Gasteiger partial charge in [-0.05, 0) is 29.3 Å². The number of aromatic nitrogens is 1. The van der Waals surface area contributed by atoms with Crippen LogP contribution in [0.4, 0.5) is 8.78 Å². The van der Waals surface area contributed by atoms with Crippen LogP contribution in [0, 0.1) is 11.6 Å². The zero-order chi connectivity index (χ0) is 13.0. The van der Waals surface area contributed by atoms with Gasteiger partial charge in [-0.3, -0.25) is 4.98 Å². The molecule has 1 aromatic carbocycles. The predicted molar refractivity (Wildman–Crippen MR) is 66.1 cm³/mol. The molecule has 2 nitrogen and oxygen atoms in total. The number of halogens is 3. The van der Waals surface area contributed by atoms with Crippen LogP contribution in [-0.4, -0.2) is 4.98 Å². The van der Waals surface area contributed by atoms with Gasteiger partial charge in [-0.1, -0.05) is 17.7 Å². The topological polar surface area (TPSA) is 24.9 Å². The highest BCUT2D eigenvalue weighted by Gasteiger charge is 2.03. The van der Waals surface area contributed by atoms with E-state index in [2.05, 4.69) is 10.3 Å². The van der Waals surface area contributed by atoms with Crippen molar-refractivity contribution in [3.8, 4) is 0 Å². The third-order valence-electron chi connectivity index (χ3n) is 2.49. The average Bonchev–Trinajstić information content (AvgIpc) is 2.36. The molecular weight excluding hydrogens is 258 g/mol. The Balaban J connectivity index is 1.92. The van der Waals surface area contributed by atoms with E-state index in [1.807, 2.05) is 0 Å². The molecule has 5 heteroatoms. The number of rotatable bonds is 4. The van der Waals surface area contributed by atoms with Crippen molar-refractivity contribution in [1.29, 1.82) is 0 Å². The molecule has 0 saturated carbocycles. The Bertz CT molecular complexity index is 546. The van der Waals surface area contributed by atoms with E-state index < -0.39 is 11.6 Å². The maximum absolute atomic E-state index is 13.0. The van der Waals surface area contributed by atoms with Crippen molar-refractivity contribution in [3.05, 3.63) is 64.4 Å². The minimum atomic E-state index is -0.837. The Morgan fingerprint density at radius 2 is 1.94 bits per heavy atom. The quantitative estimate of drug-likeness (QED) is 0.920. The van der Waals surface area contributed by atoms with Crippen molar-refractivity contribution in [1.82, 2.24) is 10.3 Å². The van der Waals surface area contributed by atoms with Gasteiger partial charge in [-0.2, -0.15) is 0 Å². The number of benzene rings is 1. The fourth-order valence-corrected chi connectivity index (χ4v) is 1.72. The first-order valence-corrected chi connectivity index (χ1v) is 5.77. The van der Waals surface area contributed by atoms with Crippen molar-refractivity contribution >= 4 is 11.6 Å². The van der Waals surface area contributed by atoms with Gasteiger partial charge < -0.3 is 5.32 Å². The van der Waals surface area contributed by atoms with Crippen molar-refractivity contribution in [3.63, 3.8) is 0 Å². The van der Waals surface area contributed by atoms with Crippen molar-refractivity contribution < 1.29 is 8.78 Å². The summed E-state index contributed by atoms with van der Waals surface area (Å²) in [6, 6.07) is 5.64. The summed E-state index contributed by atoms with van der Waals surface area (Å²) in [5, 5.41) is 3.68. The molecule has 0 aliphatic rings. The molecule has 0 atom stereocenters. The molecule has 0 unspecified atom stereocenters. The van der Waals surface area contributed by atoms with Gasteiger partial charge in [0.25, 0.3) is 0 Å². The predicted octanol–water partition coefficient (Wildman–Crippen LogP) is 3.30. The van der Waals surface area contributed by atoms with E-state index in [4.69, 9.17) is 11.6 Å². The second kappa shape index (κ2) is 5.89. The van der Waals surface area contributed by atoms with Crippen LogP contribution in [0.25, 0.3) is 0 Å². The van der Waals surface area contributed by atoms with Crippen LogP contribution in [0.3, 0.4) is 0 Å². The summed E-state index contributed by atoms with van der Waals surface area (Å²) >= 11 is 5.94. The second-order valence-electron chi connectivity index (χ2n) is 3.82. The van der Waals surface area contributed by atoms with E-state index in [9.17, 15) is 8.78 Å². The molecular formula is C13H11ClF2N2. The van der Waals surface area contributed by atoms with Gasteiger partial charge in [-0.15, -0.1) is 0 Å². The van der Waals surface area contributed by atoms with Crippen LogP contribution < -0.4 is 5.32 Å². The Labute approximate surface area is 109 Å². The van der Waals surface area contributed by atoms with Gasteiger partial charge in [0.2, 0.25) is 0 Å². The minimum Gasteiger partial charge on any atom is -0.309 e. The molecule has 0 radical (unpaired) electrons. The van der Waals surface area contributed by atoms with Crippen molar-refractivity contribution in [2.45, 2.75) is 13.1 Å². The summed E-state index contributed by atoms with van der Waals surface area (Å²) in [5.41, 5.74) is 1.59. The third kappa shape index (κ3) is 3.24. The van der Waals surface area contributed by atoms with Crippen molar-refractivity contribution in [2.75, 3.05) is 0 Å². The molecule has 0 bridgehead atoms. The smallest absolute Gasteiger partial charge is 0.159 e. The van der Waals surface area contributed by atoms with Gasteiger partial charge in [-0.25, -0.2) is 8.78 Å². The molecule has 0 saturated heterocycles. The monoisotopic (exact) mass is 268 g/mol. The summed E-state index contributed by atoms with van der Waals surface area (Å²) in [6.45, 7) is 0.982. The summed E-state index contributed by atoms with van der Waals surface area (Å²) in [5.74, 6) is -1.67. The number of hydrogen-bond donors (Lipinski definition) is 1. The molecule has 1 N–H and O–H groups in total. The maximum atomic E-state index is 13.0. The second-order valence-corrected chi connectivity index (χ2v) is 4.23. The van der Waals surface area contributed by atoms with E-state index >= 15 is 0 Å². The van der Waals surface area contributed by atoms with E-state index in [1.165, 1.54) is 6.07 Å². The first kappa shape index (κ1) is 12.9. The van der Waals surface area contributed by atoms with Crippen LogP contribution in [-0.2, 0) is 13.1 Å². The SMILES string of the molecule is Fc1ccc(CNCc2ccncc2Cl)cc1F. The first-order valence-electron chi connectivity index (χ1n) is 5.40. The molecule has 0 fully saturated rings. The lowest BCUT2D eigenvalue weighted by molar-refractivity contribution is 0.506. The van der Waals surface area contributed by atoms with E-state index in [0.29, 0.717) is 23.7 Å². The van der Waals surface area contributed by atoms with Crippen molar-refractivity contribution in [2.24, 2.45) is 0 Å². The highest BCUT2D eigenvalue weighted by atomic mass is 35.5. The largest absolute Gasteiger partial charge is 0.309 e. The van der Waals surface area contributed by atoms with Gasteiger partial charge in [0.15, 0.2) is 11.6 Å². The Morgan fingerprint density at radius 3 is 2.67 bits per heavy atom. The number of hydrogen-bond acceptors (Lipinski definition) is 2. The lowest BCUT2D eigenvalue weighted by Crippen LogP contribution is -2.13. The van der Waals surface area contributed by atoms with Gasteiger partial charge in [0.1, 0.15) is 0 Å². The number of nitrogens with zero attached hydrogens (tertiary/aromatic N) is 1. The average molecular weight is 269 g/mol. The summed E-state index contributed by atoms with van der Waals surface area (Å²) in [4.78, 5) is 3.88. The van der Waals surface area contributed by atoms with Gasteiger partial charge in [0, 0.05) is 25.5 Å². The summed E-state index contributed by atoms with van der Waals surface area (Å²) in [7, 11) is 0. The van der Waals surface area contributed by atoms with Crippen LogP contribution in [0.15, 0.2) is 36.7 Å². The molecule has 2 rings (SSSR count). The molecule has 94 valence electrons. The maximum Gasteiger partial charge on any atom is 0.159 e. The molecule has 2 aromatic rings. The molecule has 0 aliphatic carbocycles. The Kier molecular flexibility index (Phi) is 4.23. The van der Waals surface area contributed by atoms with Crippen LogP contribution in [0.1, 0.15) is 11.1 Å². The Morgan fingerprint density at radius 1 is 1.11 bits per heavy atom. The van der Waals surface area contributed by atoms with Crippen LogP contribution in [0.2, 0.25) is 5.02 Å². The minimum absolute atomic E-state index is 0.440. The lowest BCUT2D eigenvalue weighted by atomic mass is 10.2. The van der Waals surface area contributed by atoms with Gasteiger partial charge >= 0.3 is 0 Å². The molecule has 1 aromatic heterocycles. The summed E-state index contributed by atoms with van der Waals surface area (Å²) < 4.78 is 25.7. The summed E-state index contributed by atoms with van der Waals surface area (Å²) in [6.07, 6.45) is 3.22. The van der Waals surface area contributed by atoms with Gasteiger partial charge in [0.05, 0.1) is 5.02 Å². The van der Waals surface area contributed by atoms with Crippen LogP contribution >= 0.6 is 11.6 Å².